The molecule has 3 rings (SSSR count). The van der Waals surface area contributed by atoms with Gasteiger partial charge in [0.25, 0.3) is 0 Å². The van der Waals surface area contributed by atoms with Crippen molar-refractivity contribution in [2.75, 3.05) is 18.4 Å². The molecule has 31 heavy (non-hydrogen) atoms. The van der Waals surface area contributed by atoms with Gasteiger partial charge in [-0.05, 0) is 47.9 Å². The van der Waals surface area contributed by atoms with E-state index in [2.05, 4.69) is 10.6 Å². The van der Waals surface area contributed by atoms with Gasteiger partial charge in [0.2, 0.25) is 5.91 Å². The summed E-state index contributed by atoms with van der Waals surface area (Å²) in [6.45, 7) is 3.48. The summed E-state index contributed by atoms with van der Waals surface area (Å²) in [5, 5.41) is 7.48. The van der Waals surface area contributed by atoms with Crippen LogP contribution in [0, 0.1) is 11.8 Å². The summed E-state index contributed by atoms with van der Waals surface area (Å²) in [7, 11) is 0. The van der Waals surface area contributed by atoms with Gasteiger partial charge in [-0.15, -0.1) is 11.3 Å². The zero-order valence-electron chi connectivity index (χ0n) is 17.2. The fourth-order valence-corrected chi connectivity index (χ4v) is 4.53. The van der Waals surface area contributed by atoms with Crippen LogP contribution >= 0.6 is 11.3 Å². The number of thiophene rings is 1. The molecule has 2 N–H and O–H groups in total. The standard InChI is InChI=1S/C22H26F3N3O2S/c1-2-15-14-28(21(30)27-18-6-3-5-17(12-18)22(23,24)25)9-8-16(15)11-20(29)26-13-19-7-4-10-31-19/h3-7,10,12,15-16H,2,8-9,11,13-14H2,1H3,(H,26,29)(H,27,30)/t15-,16-/m0/s1. The number of piperidine rings is 1. The summed E-state index contributed by atoms with van der Waals surface area (Å²) >= 11 is 1.59. The molecule has 1 aromatic carbocycles. The second kappa shape index (κ2) is 10.2. The molecule has 1 fully saturated rings. The van der Waals surface area contributed by atoms with Crippen molar-refractivity contribution in [2.45, 2.75) is 38.9 Å². The highest BCUT2D eigenvalue weighted by Crippen LogP contribution is 2.32. The largest absolute Gasteiger partial charge is 0.416 e. The summed E-state index contributed by atoms with van der Waals surface area (Å²) in [6, 6.07) is 8.11. The Kier molecular flexibility index (Phi) is 7.59. The van der Waals surface area contributed by atoms with Gasteiger partial charge in [0.1, 0.15) is 0 Å². The number of anilines is 1. The van der Waals surface area contributed by atoms with Crippen LogP contribution in [0.15, 0.2) is 41.8 Å². The van der Waals surface area contributed by atoms with E-state index in [4.69, 9.17) is 0 Å². The molecule has 1 saturated heterocycles. The van der Waals surface area contributed by atoms with Crippen LogP contribution < -0.4 is 10.6 Å². The van der Waals surface area contributed by atoms with Crippen molar-refractivity contribution in [3.63, 3.8) is 0 Å². The molecule has 2 atom stereocenters. The van der Waals surface area contributed by atoms with Crippen molar-refractivity contribution in [3.05, 3.63) is 52.2 Å². The van der Waals surface area contributed by atoms with E-state index in [1.54, 1.807) is 16.2 Å². The maximum absolute atomic E-state index is 12.9. The van der Waals surface area contributed by atoms with Crippen LogP contribution in [0.1, 0.15) is 36.6 Å². The first-order chi connectivity index (χ1) is 14.8. The van der Waals surface area contributed by atoms with Gasteiger partial charge in [-0.1, -0.05) is 25.5 Å². The van der Waals surface area contributed by atoms with Crippen LogP contribution in [0.25, 0.3) is 0 Å². The number of hydrogen-bond donors (Lipinski definition) is 2. The van der Waals surface area contributed by atoms with Gasteiger partial charge >= 0.3 is 12.2 Å². The minimum Gasteiger partial charge on any atom is -0.351 e. The van der Waals surface area contributed by atoms with Gasteiger partial charge in [0.15, 0.2) is 0 Å². The highest BCUT2D eigenvalue weighted by molar-refractivity contribution is 7.09. The summed E-state index contributed by atoms with van der Waals surface area (Å²) in [5.41, 5.74) is -0.688. The van der Waals surface area contributed by atoms with Crippen molar-refractivity contribution >= 4 is 29.0 Å². The van der Waals surface area contributed by atoms with Crippen LogP contribution in [0.2, 0.25) is 0 Å². The van der Waals surface area contributed by atoms with Crippen molar-refractivity contribution in [1.82, 2.24) is 10.2 Å². The first kappa shape index (κ1) is 23.1. The number of benzene rings is 1. The van der Waals surface area contributed by atoms with Gasteiger partial charge in [0.05, 0.1) is 12.1 Å². The fourth-order valence-electron chi connectivity index (χ4n) is 3.88. The Morgan fingerprint density at radius 1 is 1.19 bits per heavy atom. The average Bonchev–Trinajstić information content (AvgIpc) is 3.26. The Balaban J connectivity index is 1.52. The lowest BCUT2D eigenvalue weighted by Crippen LogP contribution is -2.46. The molecular formula is C22H26F3N3O2S. The van der Waals surface area contributed by atoms with Gasteiger partial charge in [0, 0.05) is 30.1 Å². The molecule has 168 valence electrons. The predicted molar refractivity (Wildman–Crippen MR) is 115 cm³/mol. The molecule has 0 radical (unpaired) electrons. The smallest absolute Gasteiger partial charge is 0.351 e. The molecule has 5 nitrogen and oxygen atoms in total. The van der Waals surface area contributed by atoms with E-state index in [1.807, 2.05) is 24.4 Å². The number of halogens is 3. The molecule has 3 amide bonds. The van der Waals surface area contributed by atoms with Gasteiger partial charge in [-0.3, -0.25) is 4.79 Å². The maximum atomic E-state index is 12.9. The van der Waals surface area contributed by atoms with Crippen LogP contribution in [0.5, 0.6) is 0 Å². The first-order valence-electron chi connectivity index (χ1n) is 10.3. The minimum atomic E-state index is -4.46. The normalized spacial score (nSPS) is 19.2. The van der Waals surface area contributed by atoms with E-state index >= 15 is 0 Å². The number of hydrogen-bond acceptors (Lipinski definition) is 3. The lowest BCUT2D eigenvalue weighted by molar-refractivity contribution is -0.137. The molecular weight excluding hydrogens is 427 g/mol. The number of nitrogens with zero attached hydrogens (tertiary/aromatic N) is 1. The summed E-state index contributed by atoms with van der Waals surface area (Å²) in [4.78, 5) is 27.7. The number of nitrogens with one attached hydrogen (secondary N) is 2. The van der Waals surface area contributed by atoms with Crippen molar-refractivity contribution in [2.24, 2.45) is 11.8 Å². The number of carbonyl (C=O) groups excluding carboxylic acids is 2. The third-order valence-corrected chi connectivity index (χ3v) is 6.51. The topological polar surface area (TPSA) is 61.4 Å². The van der Waals surface area contributed by atoms with E-state index in [0.29, 0.717) is 32.5 Å². The fraction of sp³-hybridized carbons (Fsp3) is 0.455. The molecule has 0 saturated carbocycles. The highest BCUT2D eigenvalue weighted by atomic mass is 32.1. The molecule has 1 aliphatic rings. The lowest BCUT2D eigenvalue weighted by atomic mass is 9.81. The second-order valence-electron chi connectivity index (χ2n) is 7.73. The minimum absolute atomic E-state index is 0.00119. The maximum Gasteiger partial charge on any atom is 0.416 e. The predicted octanol–water partition coefficient (Wildman–Crippen LogP) is 5.35. The van der Waals surface area contributed by atoms with E-state index in [9.17, 15) is 22.8 Å². The van der Waals surface area contributed by atoms with E-state index < -0.39 is 17.8 Å². The second-order valence-corrected chi connectivity index (χ2v) is 8.76. The monoisotopic (exact) mass is 453 g/mol. The average molecular weight is 454 g/mol. The Morgan fingerprint density at radius 2 is 2.00 bits per heavy atom. The molecule has 1 aromatic heterocycles. The Hall–Kier alpha value is -2.55. The van der Waals surface area contributed by atoms with E-state index in [-0.39, 0.29) is 23.4 Å². The van der Waals surface area contributed by atoms with Crippen molar-refractivity contribution < 1.29 is 22.8 Å². The zero-order chi connectivity index (χ0) is 22.4. The van der Waals surface area contributed by atoms with Crippen molar-refractivity contribution in [3.8, 4) is 0 Å². The Bertz CT molecular complexity index is 886. The van der Waals surface area contributed by atoms with Crippen molar-refractivity contribution in [1.29, 1.82) is 0 Å². The SMILES string of the molecule is CC[C@H]1CN(C(=O)Nc2cccc(C(F)(F)F)c2)CC[C@H]1CC(=O)NCc1cccs1. The molecule has 0 aliphatic carbocycles. The van der Waals surface area contributed by atoms with Crippen LogP contribution in [0.4, 0.5) is 23.7 Å². The molecule has 0 bridgehead atoms. The van der Waals surface area contributed by atoms with Crippen LogP contribution in [-0.2, 0) is 17.5 Å². The third-order valence-electron chi connectivity index (χ3n) is 5.63. The zero-order valence-corrected chi connectivity index (χ0v) is 18.1. The van der Waals surface area contributed by atoms with E-state index in [1.165, 1.54) is 12.1 Å². The molecule has 2 heterocycles. The summed E-state index contributed by atoms with van der Waals surface area (Å²) in [6.07, 6.45) is -2.55. The van der Waals surface area contributed by atoms with Crippen LogP contribution in [0.3, 0.4) is 0 Å². The Morgan fingerprint density at radius 3 is 2.68 bits per heavy atom. The lowest BCUT2D eigenvalue weighted by Gasteiger charge is -2.38. The number of rotatable bonds is 6. The molecule has 0 unspecified atom stereocenters. The van der Waals surface area contributed by atoms with E-state index in [0.717, 1.165) is 23.4 Å². The summed E-state index contributed by atoms with van der Waals surface area (Å²) < 4.78 is 38.7. The number of carbonyl (C=O) groups is 2. The molecule has 0 spiro atoms. The number of alkyl halides is 3. The number of amides is 3. The summed E-state index contributed by atoms with van der Waals surface area (Å²) in [5.74, 6) is 0.332. The molecule has 1 aliphatic heterocycles. The van der Waals surface area contributed by atoms with Gasteiger partial charge < -0.3 is 15.5 Å². The third kappa shape index (κ3) is 6.46. The molecule has 9 heteroatoms. The Labute approximate surface area is 183 Å². The first-order valence-corrected chi connectivity index (χ1v) is 11.2. The highest BCUT2D eigenvalue weighted by Gasteiger charge is 2.33. The number of urea groups is 1. The quantitative estimate of drug-likeness (QED) is 0.619. The molecule has 2 aromatic rings. The van der Waals surface area contributed by atoms with Gasteiger partial charge in [-0.25, -0.2) is 4.79 Å². The van der Waals surface area contributed by atoms with Crippen LogP contribution in [-0.4, -0.2) is 29.9 Å². The van der Waals surface area contributed by atoms with Gasteiger partial charge in [-0.2, -0.15) is 13.2 Å². The number of likely N-dealkylation sites (tertiary alicyclic amines) is 1.